The maximum Gasteiger partial charge on any atom is 0.140 e. The summed E-state index contributed by atoms with van der Waals surface area (Å²) < 4.78 is 0. The Labute approximate surface area is 108 Å². The predicted molar refractivity (Wildman–Crippen MR) is 73.4 cm³/mol. The molecule has 0 aromatic carbocycles. The van der Waals surface area contributed by atoms with Crippen LogP contribution in [0.5, 0.6) is 0 Å². The van der Waals surface area contributed by atoms with Crippen LogP contribution in [0.2, 0.25) is 0 Å². The Balaban J connectivity index is 1.78. The summed E-state index contributed by atoms with van der Waals surface area (Å²) in [4.78, 5) is 12.1. The average Bonchev–Trinajstić information content (AvgIpc) is 2.83. The minimum Gasteiger partial charge on any atom is -0.299 e. The number of ketones is 1. The molecule has 0 atom stereocenters. The molecule has 1 fully saturated rings. The highest BCUT2D eigenvalue weighted by Gasteiger charge is 2.25. The highest BCUT2D eigenvalue weighted by Crippen LogP contribution is 2.32. The van der Waals surface area contributed by atoms with Crippen LogP contribution in [0, 0.1) is 11.8 Å². The molecule has 0 aliphatic heterocycles. The smallest absolute Gasteiger partial charge is 0.140 e. The van der Waals surface area contributed by atoms with Gasteiger partial charge in [-0.1, -0.05) is 19.8 Å². The largest absolute Gasteiger partial charge is 0.299 e. The van der Waals surface area contributed by atoms with E-state index in [9.17, 15) is 4.79 Å². The lowest BCUT2D eigenvalue weighted by Gasteiger charge is -2.27. The number of carbonyl (C=O) groups is 1. The van der Waals surface area contributed by atoms with E-state index in [0.717, 1.165) is 18.8 Å². The summed E-state index contributed by atoms with van der Waals surface area (Å²) >= 11 is 1.68. The van der Waals surface area contributed by atoms with Crippen LogP contribution >= 0.6 is 11.3 Å². The lowest BCUT2D eigenvalue weighted by atomic mass is 9.77. The van der Waals surface area contributed by atoms with Crippen LogP contribution < -0.4 is 0 Å². The third kappa shape index (κ3) is 3.67. The van der Waals surface area contributed by atoms with E-state index in [1.54, 1.807) is 11.3 Å². The standard InChI is InChI=1S/C15H22OS/c1-2-3-12-4-6-14(7-5-12)15(16)10-13-8-9-17-11-13/h8-9,11-12,14H,2-7,10H2,1H3. The maximum atomic E-state index is 12.1. The molecular weight excluding hydrogens is 228 g/mol. The molecule has 1 aliphatic rings. The first-order valence-corrected chi connectivity index (χ1v) is 7.77. The molecule has 94 valence electrons. The first-order chi connectivity index (χ1) is 8.29. The Kier molecular flexibility index (Phi) is 4.78. The molecule has 1 aliphatic carbocycles. The maximum absolute atomic E-state index is 12.1. The van der Waals surface area contributed by atoms with Crippen molar-refractivity contribution in [2.24, 2.45) is 11.8 Å². The van der Waals surface area contributed by atoms with E-state index >= 15 is 0 Å². The first kappa shape index (κ1) is 12.8. The lowest BCUT2D eigenvalue weighted by molar-refractivity contribution is -0.123. The van der Waals surface area contributed by atoms with E-state index in [4.69, 9.17) is 0 Å². The van der Waals surface area contributed by atoms with Crippen LogP contribution in [0.3, 0.4) is 0 Å². The van der Waals surface area contributed by atoms with Crippen LogP contribution in [0.25, 0.3) is 0 Å². The van der Waals surface area contributed by atoms with Crippen molar-refractivity contribution in [1.82, 2.24) is 0 Å². The Morgan fingerprint density at radius 2 is 2.12 bits per heavy atom. The zero-order valence-corrected chi connectivity index (χ0v) is 11.5. The fraction of sp³-hybridized carbons (Fsp3) is 0.667. The van der Waals surface area contributed by atoms with Gasteiger partial charge < -0.3 is 0 Å². The molecule has 0 radical (unpaired) electrons. The van der Waals surface area contributed by atoms with Crippen molar-refractivity contribution in [1.29, 1.82) is 0 Å². The molecule has 0 bridgehead atoms. The summed E-state index contributed by atoms with van der Waals surface area (Å²) in [5.41, 5.74) is 1.20. The molecule has 1 heterocycles. The van der Waals surface area contributed by atoms with Gasteiger partial charge in [0, 0.05) is 12.3 Å². The lowest BCUT2D eigenvalue weighted by Crippen LogP contribution is -2.23. The molecule has 1 aromatic rings. The summed E-state index contributed by atoms with van der Waals surface area (Å²) in [6.07, 6.45) is 8.11. The van der Waals surface area contributed by atoms with Crippen LogP contribution in [-0.4, -0.2) is 5.78 Å². The number of hydrogen-bond acceptors (Lipinski definition) is 2. The fourth-order valence-electron chi connectivity index (χ4n) is 2.92. The summed E-state index contributed by atoms with van der Waals surface area (Å²) in [6.45, 7) is 2.26. The molecule has 1 saturated carbocycles. The number of hydrogen-bond donors (Lipinski definition) is 0. The zero-order chi connectivity index (χ0) is 12.1. The molecule has 1 aromatic heterocycles. The summed E-state index contributed by atoms with van der Waals surface area (Å²) in [5.74, 6) is 1.71. The Hall–Kier alpha value is -0.630. The minimum atomic E-state index is 0.350. The van der Waals surface area contributed by atoms with E-state index in [0.29, 0.717) is 18.1 Å². The second-order valence-corrected chi connectivity index (χ2v) is 6.06. The molecule has 0 unspecified atom stereocenters. The Bertz CT molecular complexity index is 334. The Morgan fingerprint density at radius 3 is 2.71 bits per heavy atom. The van der Waals surface area contributed by atoms with Gasteiger partial charge in [-0.15, -0.1) is 0 Å². The normalized spacial score (nSPS) is 24.8. The molecule has 2 rings (SSSR count). The van der Waals surface area contributed by atoms with Gasteiger partial charge in [0.2, 0.25) is 0 Å². The summed E-state index contributed by atoms with van der Waals surface area (Å²) in [6, 6.07) is 2.07. The molecule has 0 saturated heterocycles. The van der Waals surface area contributed by atoms with Crippen molar-refractivity contribution in [3.63, 3.8) is 0 Å². The molecule has 0 spiro atoms. The van der Waals surface area contributed by atoms with E-state index in [2.05, 4.69) is 23.8 Å². The second kappa shape index (κ2) is 6.34. The van der Waals surface area contributed by atoms with Gasteiger partial charge in [-0.25, -0.2) is 0 Å². The summed E-state index contributed by atoms with van der Waals surface area (Å²) in [5, 5.41) is 4.15. The van der Waals surface area contributed by atoms with Gasteiger partial charge in [0.25, 0.3) is 0 Å². The molecule has 1 nitrogen and oxygen atoms in total. The van der Waals surface area contributed by atoms with Crippen molar-refractivity contribution in [3.05, 3.63) is 22.4 Å². The van der Waals surface area contributed by atoms with Crippen molar-refractivity contribution < 1.29 is 4.79 Å². The monoisotopic (exact) mass is 250 g/mol. The van der Waals surface area contributed by atoms with Gasteiger partial charge in [-0.05, 0) is 54.0 Å². The third-order valence-corrected chi connectivity index (χ3v) is 4.69. The van der Waals surface area contributed by atoms with Crippen molar-refractivity contribution in [3.8, 4) is 0 Å². The third-order valence-electron chi connectivity index (χ3n) is 3.96. The van der Waals surface area contributed by atoms with Gasteiger partial charge >= 0.3 is 0 Å². The molecule has 17 heavy (non-hydrogen) atoms. The van der Waals surface area contributed by atoms with E-state index in [-0.39, 0.29) is 0 Å². The quantitative estimate of drug-likeness (QED) is 0.753. The average molecular weight is 250 g/mol. The van der Waals surface area contributed by atoms with Crippen molar-refractivity contribution in [2.45, 2.75) is 51.9 Å². The van der Waals surface area contributed by atoms with Crippen LogP contribution in [-0.2, 0) is 11.2 Å². The van der Waals surface area contributed by atoms with Gasteiger partial charge in [0.15, 0.2) is 0 Å². The van der Waals surface area contributed by atoms with Gasteiger partial charge in [0.05, 0.1) is 0 Å². The molecule has 0 amide bonds. The first-order valence-electron chi connectivity index (χ1n) is 6.83. The van der Waals surface area contributed by atoms with Crippen LogP contribution in [0.15, 0.2) is 16.8 Å². The number of rotatable bonds is 5. The van der Waals surface area contributed by atoms with Gasteiger partial charge in [-0.3, -0.25) is 4.79 Å². The Morgan fingerprint density at radius 1 is 1.35 bits per heavy atom. The minimum absolute atomic E-state index is 0.350. The van der Waals surface area contributed by atoms with E-state index in [1.807, 2.05) is 0 Å². The zero-order valence-electron chi connectivity index (χ0n) is 10.7. The van der Waals surface area contributed by atoms with E-state index < -0.39 is 0 Å². The molecule has 2 heteroatoms. The van der Waals surface area contributed by atoms with E-state index in [1.165, 1.54) is 31.2 Å². The highest BCUT2D eigenvalue weighted by atomic mass is 32.1. The number of carbonyl (C=O) groups excluding carboxylic acids is 1. The SMILES string of the molecule is CCCC1CCC(C(=O)Cc2ccsc2)CC1. The highest BCUT2D eigenvalue weighted by molar-refractivity contribution is 7.07. The fourth-order valence-corrected chi connectivity index (χ4v) is 3.59. The number of Topliss-reactive ketones (excluding diaryl/α,β-unsaturated/α-hetero) is 1. The van der Waals surface area contributed by atoms with Crippen molar-refractivity contribution in [2.75, 3.05) is 0 Å². The van der Waals surface area contributed by atoms with Crippen molar-refractivity contribution >= 4 is 17.1 Å². The van der Waals surface area contributed by atoms with Gasteiger partial charge in [0.1, 0.15) is 5.78 Å². The van der Waals surface area contributed by atoms with Gasteiger partial charge in [-0.2, -0.15) is 11.3 Å². The molecular formula is C15H22OS. The molecule has 0 N–H and O–H groups in total. The number of thiophene rings is 1. The second-order valence-electron chi connectivity index (χ2n) is 5.28. The van der Waals surface area contributed by atoms with Crippen LogP contribution in [0.4, 0.5) is 0 Å². The van der Waals surface area contributed by atoms with Crippen LogP contribution in [0.1, 0.15) is 51.0 Å². The topological polar surface area (TPSA) is 17.1 Å². The summed E-state index contributed by atoms with van der Waals surface area (Å²) in [7, 11) is 0. The predicted octanol–water partition coefficient (Wildman–Crippen LogP) is 4.47.